The Hall–Kier alpha value is -0.830. The van der Waals surface area contributed by atoms with E-state index in [2.05, 4.69) is 20.5 Å². The number of hydrogen-bond acceptors (Lipinski definition) is 3. The van der Waals surface area contributed by atoms with Gasteiger partial charge in [-0.25, -0.2) is 4.99 Å². The second-order valence-electron chi connectivity index (χ2n) is 4.24. The fourth-order valence-corrected chi connectivity index (χ4v) is 1.79. The molecule has 1 fully saturated rings. The van der Waals surface area contributed by atoms with Crippen molar-refractivity contribution >= 4 is 29.9 Å². The van der Waals surface area contributed by atoms with Crippen LogP contribution in [0.3, 0.4) is 0 Å². The molecule has 1 saturated heterocycles. The number of aryl methyl sites for hydroxylation is 1. The second kappa shape index (κ2) is 7.57. The van der Waals surface area contributed by atoms with Crippen LogP contribution in [-0.4, -0.2) is 35.4 Å². The van der Waals surface area contributed by atoms with Crippen LogP contribution in [0.2, 0.25) is 0 Å². The number of aromatic amines is 1. The molecule has 1 aliphatic heterocycles. The van der Waals surface area contributed by atoms with Gasteiger partial charge in [-0.15, -0.1) is 24.0 Å². The molecule has 2 heterocycles. The number of rotatable bonds is 4. The van der Waals surface area contributed by atoms with Crippen molar-refractivity contribution < 1.29 is 4.74 Å². The maximum atomic E-state index is 5.77. The van der Waals surface area contributed by atoms with E-state index >= 15 is 0 Å². The number of hydrogen-bond donors (Lipinski definition) is 3. The topological polar surface area (TPSA) is 88.3 Å². The molecule has 2 rings (SSSR count). The van der Waals surface area contributed by atoms with Crippen LogP contribution in [0.25, 0.3) is 0 Å². The highest BCUT2D eigenvalue weighted by atomic mass is 127. The Balaban J connectivity index is 0.00000162. The van der Waals surface area contributed by atoms with Crippen LogP contribution in [0.4, 0.5) is 0 Å². The molecule has 0 spiro atoms. The molecule has 0 radical (unpaired) electrons. The quantitative estimate of drug-likeness (QED) is 0.421. The summed E-state index contributed by atoms with van der Waals surface area (Å²) in [5.74, 6) is 0.459. The average Bonchev–Trinajstić information content (AvgIpc) is 2.95. The van der Waals surface area contributed by atoms with E-state index < -0.39 is 0 Å². The largest absolute Gasteiger partial charge is 0.376 e. The third-order valence-corrected chi connectivity index (χ3v) is 2.89. The molecule has 0 aromatic carbocycles. The smallest absolute Gasteiger partial charge is 0.189 e. The van der Waals surface area contributed by atoms with Gasteiger partial charge in [-0.3, -0.25) is 5.10 Å². The van der Waals surface area contributed by atoms with E-state index in [1.807, 2.05) is 6.92 Å². The lowest BCUT2D eigenvalue weighted by atomic mass is 10.2. The molecular weight excluding hydrogens is 345 g/mol. The van der Waals surface area contributed by atoms with Crippen molar-refractivity contribution in [1.29, 1.82) is 0 Å². The number of nitrogens with one attached hydrogen (secondary N) is 2. The van der Waals surface area contributed by atoms with Crippen LogP contribution in [0, 0.1) is 6.92 Å². The summed E-state index contributed by atoms with van der Waals surface area (Å²) in [6, 6.07) is 0. The SMILES string of the molecule is Cc1[nH]ncc1CN=C(N)NCC1CCCO1.I. The van der Waals surface area contributed by atoms with E-state index in [-0.39, 0.29) is 30.1 Å². The van der Waals surface area contributed by atoms with Crippen LogP contribution in [0.15, 0.2) is 11.2 Å². The van der Waals surface area contributed by atoms with E-state index in [1.54, 1.807) is 6.20 Å². The first-order valence-corrected chi connectivity index (χ1v) is 5.90. The first-order chi connectivity index (χ1) is 8.25. The molecule has 0 amide bonds. The predicted octanol–water partition coefficient (Wildman–Crippen LogP) is 0.919. The fraction of sp³-hybridized carbons (Fsp3) is 0.636. The molecule has 7 heteroatoms. The maximum Gasteiger partial charge on any atom is 0.189 e. The van der Waals surface area contributed by atoms with E-state index in [9.17, 15) is 0 Å². The molecule has 1 unspecified atom stereocenters. The van der Waals surface area contributed by atoms with E-state index in [1.165, 1.54) is 0 Å². The summed E-state index contributed by atoms with van der Waals surface area (Å²) in [7, 11) is 0. The van der Waals surface area contributed by atoms with E-state index in [0.29, 0.717) is 12.5 Å². The van der Waals surface area contributed by atoms with Crippen molar-refractivity contribution in [2.75, 3.05) is 13.2 Å². The predicted molar refractivity (Wildman–Crippen MR) is 81.0 cm³/mol. The zero-order chi connectivity index (χ0) is 12.1. The van der Waals surface area contributed by atoms with Crippen molar-refractivity contribution in [3.8, 4) is 0 Å². The molecule has 1 aromatic heterocycles. The van der Waals surface area contributed by atoms with Gasteiger partial charge in [0.2, 0.25) is 0 Å². The van der Waals surface area contributed by atoms with E-state index in [0.717, 1.165) is 37.3 Å². The van der Waals surface area contributed by atoms with Crippen molar-refractivity contribution in [2.45, 2.75) is 32.4 Å². The van der Waals surface area contributed by atoms with Gasteiger partial charge < -0.3 is 15.8 Å². The van der Waals surface area contributed by atoms with Gasteiger partial charge in [-0.1, -0.05) is 0 Å². The summed E-state index contributed by atoms with van der Waals surface area (Å²) < 4.78 is 5.48. The van der Waals surface area contributed by atoms with Gasteiger partial charge in [-0.05, 0) is 19.8 Å². The number of ether oxygens (including phenoxy) is 1. The van der Waals surface area contributed by atoms with Crippen LogP contribution >= 0.6 is 24.0 Å². The first-order valence-electron chi connectivity index (χ1n) is 5.90. The Morgan fingerprint density at radius 1 is 1.72 bits per heavy atom. The molecule has 0 aliphatic carbocycles. The van der Waals surface area contributed by atoms with Crippen LogP contribution < -0.4 is 11.1 Å². The zero-order valence-corrected chi connectivity index (χ0v) is 12.8. The average molecular weight is 365 g/mol. The number of aromatic nitrogens is 2. The van der Waals surface area contributed by atoms with Gasteiger partial charge in [0, 0.05) is 24.4 Å². The van der Waals surface area contributed by atoms with Crippen molar-refractivity contribution in [2.24, 2.45) is 10.7 Å². The Kier molecular flexibility index (Phi) is 6.41. The van der Waals surface area contributed by atoms with Gasteiger partial charge in [0.25, 0.3) is 0 Å². The highest BCUT2D eigenvalue weighted by Gasteiger charge is 2.14. The lowest BCUT2D eigenvalue weighted by Gasteiger charge is -2.10. The Bertz CT molecular complexity index is 387. The summed E-state index contributed by atoms with van der Waals surface area (Å²) in [5.41, 5.74) is 7.86. The highest BCUT2D eigenvalue weighted by molar-refractivity contribution is 14.0. The minimum absolute atomic E-state index is 0. The molecule has 18 heavy (non-hydrogen) atoms. The lowest BCUT2D eigenvalue weighted by Crippen LogP contribution is -2.37. The standard InChI is InChI=1S/C11H19N5O.HI/c1-8-9(6-15-16-8)5-13-11(12)14-7-10-3-2-4-17-10;/h6,10H,2-5,7H2,1H3,(H,15,16)(H3,12,13,14);1H. The summed E-state index contributed by atoms with van der Waals surface area (Å²) >= 11 is 0. The second-order valence-corrected chi connectivity index (χ2v) is 4.24. The molecular formula is C11H20IN5O. The van der Waals surface area contributed by atoms with Gasteiger partial charge in [-0.2, -0.15) is 5.10 Å². The fourth-order valence-electron chi connectivity index (χ4n) is 1.79. The summed E-state index contributed by atoms with van der Waals surface area (Å²) in [4.78, 5) is 4.26. The normalized spacial score (nSPS) is 19.6. The van der Waals surface area contributed by atoms with Crippen molar-refractivity contribution in [3.05, 3.63) is 17.5 Å². The molecule has 1 atom stereocenters. The highest BCUT2D eigenvalue weighted by Crippen LogP contribution is 2.10. The Morgan fingerprint density at radius 2 is 2.56 bits per heavy atom. The number of aliphatic imine (C=N–C) groups is 1. The van der Waals surface area contributed by atoms with Crippen LogP contribution in [-0.2, 0) is 11.3 Å². The molecule has 6 nitrogen and oxygen atoms in total. The summed E-state index contributed by atoms with van der Waals surface area (Å²) in [5, 5.41) is 9.88. The number of halogens is 1. The van der Waals surface area contributed by atoms with Gasteiger partial charge in [0.05, 0.1) is 18.8 Å². The number of guanidine groups is 1. The Labute approximate surface area is 124 Å². The Morgan fingerprint density at radius 3 is 3.17 bits per heavy atom. The monoisotopic (exact) mass is 365 g/mol. The number of H-pyrrole nitrogens is 1. The summed E-state index contributed by atoms with van der Waals surface area (Å²) in [6.07, 6.45) is 4.28. The van der Waals surface area contributed by atoms with Crippen LogP contribution in [0.5, 0.6) is 0 Å². The van der Waals surface area contributed by atoms with E-state index in [4.69, 9.17) is 10.5 Å². The number of nitrogens with zero attached hydrogens (tertiary/aromatic N) is 2. The van der Waals surface area contributed by atoms with Gasteiger partial charge in [0.1, 0.15) is 0 Å². The minimum atomic E-state index is 0. The molecule has 102 valence electrons. The molecule has 0 saturated carbocycles. The third kappa shape index (κ3) is 4.45. The van der Waals surface area contributed by atoms with Gasteiger partial charge in [0.15, 0.2) is 5.96 Å². The zero-order valence-electron chi connectivity index (χ0n) is 10.5. The maximum absolute atomic E-state index is 5.77. The van der Waals surface area contributed by atoms with Crippen molar-refractivity contribution in [1.82, 2.24) is 15.5 Å². The third-order valence-electron chi connectivity index (χ3n) is 2.89. The molecule has 0 bridgehead atoms. The molecule has 1 aromatic rings. The minimum Gasteiger partial charge on any atom is -0.376 e. The van der Waals surface area contributed by atoms with Crippen LogP contribution in [0.1, 0.15) is 24.1 Å². The molecule has 4 N–H and O–H groups in total. The number of nitrogens with two attached hydrogens (primary N) is 1. The summed E-state index contributed by atoms with van der Waals surface area (Å²) in [6.45, 7) is 4.11. The van der Waals surface area contributed by atoms with Crippen molar-refractivity contribution in [3.63, 3.8) is 0 Å². The molecule has 1 aliphatic rings. The van der Waals surface area contributed by atoms with Gasteiger partial charge >= 0.3 is 0 Å². The first kappa shape index (κ1) is 15.2. The lowest BCUT2D eigenvalue weighted by molar-refractivity contribution is 0.114.